The predicted octanol–water partition coefficient (Wildman–Crippen LogP) is 2.30. The number of carbonyl (C=O) groups excluding carboxylic acids is 1. The zero-order valence-corrected chi connectivity index (χ0v) is 12.5. The minimum Gasteiger partial charge on any atom is -0.467 e. The maximum atomic E-state index is 12.2. The lowest BCUT2D eigenvalue weighted by molar-refractivity contribution is 0.0891. The third-order valence-corrected chi connectivity index (χ3v) is 3.22. The van der Waals surface area contributed by atoms with Crippen LogP contribution in [0.25, 0.3) is 0 Å². The molecule has 2 atom stereocenters. The van der Waals surface area contributed by atoms with E-state index in [9.17, 15) is 9.90 Å². The maximum Gasteiger partial charge on any atom is 0.269 e. The van der Waals surface area contributed by atoms with Crippen LogP contribution in [-0.2, 0) is 0 Å². The molecule has 1 amide bonds. The fourth-order valence-electron chi connectivity index (χ4n) is 2.19. The molecule has 2 N–H and O–H groups in total. The van der Waals surface area contributed by atoms with E-state index in [2.05, 4.69) is 10.4 Å². The molecule has 21 heavy (non-hydrogen) atoms. The van der Waals surface area contributed by atoms with E-state index in [0.717, 1.165) is 0 Å². The average molecular weight is 291 g/mol. The van der Waals surface area contributed by atoms with Crippen LogP contribution in [0.15, 0.2) is 35.1 Å². The van der Waals surface area contributed by atoms with Crippen LogP contribution in [0.3, 0.4) is 0 Å². The van der Waals surface area contributed by atoms with Crippen LogP contribution >= 0.6 is 0 Å². The van der Waals surface area contributed by atoms with Gasteiger partial charge in [0.2, 0.25) is 0 Å². The van der Waals surface area contributed by atoms with Crippen molar-refractivity contribution in [2.75, 3.05) is 0 Å². The highest BCUT2D eigenvalue weighted by Crippen LogP contribution is 2.18. The molecule has 0 aromatic carbocycles. The van der Waals surface area contributed by atoms with E-state index in [0.29, 0.717) is 17.9 Å². The van der Waals surface area contributed by atoms with E-state index in [4.69, 9.17) is 4.42 Å². The van der Waals surface area contributed by atoms with Crippen molar-refractivity contribution in [3.63, 3.8) is 0 Å². The summed E-state index contributed by atoms with van der Waals surface area (Å²) in [6.45, 7) is 5.78. The first-order valence-corrected chi connectivity index (χ1v) is 7.05. The van der Waals surface area contributed by atoms with Crippen LogP contribution < -0.4 is 5.32 Å². The average Bonchev–Trinajstić information content (AvgIpc) is 3.10. The van der Waals surface area contributed by atoms with Crippen LogP contribution in [-0.4, -0.2) is 26.8 Å². The molecule has 0 bridgehead atoms. The summed E-state index contributed by atoms with van der Waals surface area (Å²) in [4.78, 5) is 12.2. The minimum absolute atomic E-state index is 0.116. The van der Waals surface area contributed by atoms with Crippen molar-refractivity contribution in [3.8, 4) is 0 Å². The Labute approximate surface area is 123 Å². The second kappa shape index (κ2) is 6.58. The van der Waals surface area contributed by atoms with Gasteiger partial charge in [-0.15, -0.1) is 0 Å². The first-order chi connectivity index (χ1) is 9.99. The largest absolute Gasteiger partial charge is 0.467 e. The van der Waals surface area contributed by atoms with Gasteiger partial charge in [0.05, 0.1) is 6.26 Å². The number of furan rings is 1. The zero-order chi connectivity index (χ0) is 15.4. The van der Waals surface area contributed by atoms with Gasteiger partial charge < -0.3 is 14.8 Å². The lowest BCUT2D eigenvalue weighted by Gasteiger charge is -2.17. The second-order valence-corrected chi connectivity index (χ2v) is 5.40. The van der Waals surface area contributed by atoms with Gasteiger partial charge in [0, 0.05) is 24.7 Å². The predicted molar refractivity (Wildman–Crippen MR) is 77.8 cm³/mol. The number of aromatic nitrogens is 2. The number of hydrogen-bond acceptors (Lipinski definition) is 4. The molecule has 6 heteroatoms. The van der Waals surface area contributed by atoms with Crippen LogP contribution in [0.2, 0.25) is 0 Å². The summed E-state index contributed by atoms with van der Waals surface area (Å²) in [5.41, 5.74) is 0.518. The molecule has 0 spiro atoms. The molecule has 0 aliphatic carbocycles. The fourth-order valence-corrected chi connectivity index (χ4v) is 2.19. The quantitative estimate of drug-likeness (QED) is 0.855. The van der Waals surface area contributed by atoms with Gasteiger partial charge in [0.15, 0.2) is 0 Å². The van der Waals surface area contributed by atoms with Gasteiger partial charge in [-0.2, -0.15) is 5.10 Å². The van der Waals surface area contributed by atoms with Crippen LogP contribution in [0.5, 0.6) is 0 Å². The minimum atomic E-state index is -0.731. The summed E-state index contributed by atoms with van der Waals surface area (Å²) < 4.78 is 6.82. The summed E-state index contributed by atoms with van der Waals surface area (Å²) >= 11 is 0. The third-order valence-electron chi connectivity index (χ3n) is 3.22. The molecule has 2 aromatic rings. The standard InChI is InChI=1S/C15H21N3O3/c1-10(2)18-12(6-7-16-18)15(20)17-11(3)9-13(19)14-5-4-8-21-14/h4-8,10-11,13,19H,9H2,1-3H3,(H,17,20). The molecular formula is C15H21N3O3. The molecule has 0 radical (unpaired) electrons. The highest BCUT2D eigenvalue weighted by molar-refractivity contribution is 5.92. The number of aliphatic hydroxyl groups excluding tert-OH is 1. The number of carbonyl (C=O) groups is 1. The highest BCUT2D eigenvalue weighted by Gasteiger charge is 2.19. The number of nitrogens with one attached hydrogen (secondary N) is 1. The zero-order valence-electron chi connectivity index (χ0n) is 12.5. The molecule has 2 heterocycles. The van der Waals surface area contributed by atoms with Crippen molar-refractivity contribution < 1.29 is 14.3 Å². The Morgan fingerprint density at radius 3 is 2.81 bits per heavy atom. The fraction of sp³-hybridized carbons (Fsp3) is 0.467. The van der Waals surface area contributed by atoms with E-state index in [-0.39, 0.29) is 18.0 Å². The highest BCUT2D eigenvalue weighted by atomic mass is 16.4. The number of nitrogens with zero attached hydrogens (tertiary/aromatic N) is 2. The van der Waals surface area contributed by atoms with Crippen molar-refractivity contribution in [2.45, 2.75) is 45.4 Å². The Morgan fingerprint density at radius 2 is 2.19 bits per heavy atom. The Hall–Kier alpha value is -2.08. The molecule has 114 valence electrons. The Bertz CT molecular complexity index is 575. The molecule has 0 fully saturated rings. The van der Waals surface area contributed by atoms with Gasteiger partial charge in [-0.05, 0) is 39.0 Å². The van der Waals surface area contributed by atoms with E-state index >= 15 is 0 Å². The third kappa shape index (κ3) is 3.72. The normalized spacial score (nSPS) is 14.1. The van der Waals surface area contributed by atoms with Crippen molar-refractivity contribution in [1.82, 2.24) is 15.1 Å². The molecule has 0 saturated carbocycles. The maximum absolute atomic E-state index is 12.2. The van der Waals surface area contributed by atoms with Crippen molar-refractivity contribution in [1.29, 1.82) is 0 Å². The lowest BCUT2D eigenvalue weighted by atomic mass is 10.1. The smallest absolute Gasteiger partial charge is 0.269 e. The van der Waals surface area contributed by atoms with Crippen LogP contribution in [0.1, 0.15) is 55.6 Å². The van der Waals surface area contributed by atoms with Crippen molar-refractivity contribution in [3.05, 3.63) is 42.1 Å². The molecule has 2 rings (SSSR count). The SMILES string of the molecule is CC(CC(O)c1ccco1)NC(=O)c1ccnn1C(C)C. The topological polar surface area (TPSA) is 80.3 Å². The molecule has 0 saturated heterocycles. The summed E-state index contributed by atoms with van der Waals surface area (Å²) in [5, 5.41) is 17.0. The molecule has 2 aromatic heterocycles. The first-order valence-electron chi connectivity index (χ1n) is 7.05. The number of rotatable bonds is 6. The van der Waals surface area contributed by atoms with Crippen LogP contribution in [0, 0.1) is 0 Å². The van der Waals surface area contributed by atoms with E-state index in [1.165, 1.54) is 6.26 Å². The van der Waals surface area contributed by atoms with Gasteiger partial charge in [-0.3, -0.25) is 9.48 Å². The van der Waals surface area contributed by atoms with Crippen LogP contribution in [0.4, 0.5) is 0 Å². The lowest BCUT2D eigenvalue weighted by Crippen LogP contribution is -2.35. The van der Waals surface area contributed by atoms with Crippen molar-refractivity contribution >= 4 is 5.91 Å². The molecule has 6 nitrogen and oxygen atoms in total. The van der Waals surface area contributed by atoms with E-state index in [1.807, 2.05) is 20.8 Å². The summed E-state index contributed by atoms with van der Waals surface area (Å²) in [5.74, 6) is 0.309. The van der Waals surface area contributed by atoms with E-state index in [1.54, 1.807) is 29.1 Å². The molecule has 0 aliphatic heterocycles. The first kappa shape index (κ1) is 15.3. The molecule has 0 aliphatic rings. The molecular weight excluding hydrogens is 270 g/mol. The van der Waals surface area contributed by atoms with Gasteiger partial charge in [-0.1, -0.05) is 0 Å². The Kier molecular flexibility index (Phi) is 4.80. The van der Waals surface area contributed by atoms with Gasteiger partial charge >= 0.3 is 0 Å². The van der Waals surface area contributed by atoms with E-state index < -0.39 is 6.10 Å². The monoisotopic (exact) mass is 291 g/mol. The summed E-state index contributed by atoms with van der Waals surface area (Å²) in [6.07, 6.45) is 2.78. The van der Waals surface area contributed by atoms with Gasteiger partial charge in [0.1, 0.15) is 17.6 Å². The Morgan fingerprint density at radius 1 is 1.43 bits per heavy atom. The molecule has 2 unspecified atom stereocenters. The number of aliphatic hydroxyl groups is 1. The summed E-state index contributed by atoms with van der Waals surface area (Å²) in [7, 11) is 0. The summed E-state index contributed by atoms with van der Waals surface area (Å²) in [6, 6.07) is 5.05. The van der Waals surface area contributed by atoms with Crippen molar-refractivity contribution in [2.24, 2.45) is 0 Å². The van der Waals surface area contributed by atoms with Gasteiger partial charge in [0.25, 0.3) is 5.91 Å². The number of hydrogen-bond donors (Lipinski definition) is 2. The number of amides is 1. The Balaban J connectivity index is 1.94. The second-order valence-electron chi connectivity index (χ2n) is 5.40. The van der Waals surface area contributed by atoms with Gasteiger partial charge in [-0.25, -0.2) is 0 Å².